The van der Waals surface area contributed by atoms with Crippen molar-refractivity contribution in [3.63, 3.8) is 0 Å². The van der Waals surface area contributed by atoms with Gasteiger partial charge in [-0.05, 0) is 45.7 Å². The fourth-order valence-corrected chi connectivity index (χ4v) is 3.81. The van der Waals surface area contributed by atoms with Gasteiger partial charge in [0.1, 0.15) is 0 Å². The Morgan fingerprint density at radius 3 is 2.47 bits per heavy atom. The highest BCUT2D eigenvalue weighted by atomic mass is 16.5. The van der Waals surface area contributed by atoms with Crippen molar-refractivity contribution >= 4 is 0 Å². The third-order valence-corrected chi connectivity index (χ3v) is 4.90. The van der Waals surface area contributed by atoms with Crippen LogP contribution in [0.5, 0.6) is 5.88 Å². The molecular formula is C15H22N2O2. The highest BCUT2D eigenvalue weighted by Gasteiger charge is 2.47. The molecule has 0 aliphatic carbocycles. The normalized spacial score (nSPS) is 34.5. The number of rotatable bonds is 2. The Morgan fingerprint density at radius 2 is 1.95 bits per heavy atom. The van der Waals surface area contributed by atoms with Crippen molar-refractivity contribution < 1.29 is 9.84 Å². The van der Waals surface area contributed by atoms with E-state index in [1.807, 2.05) is 19.1 Å². The van der Waals surface area contributed by atoms with Crippen LogP contribution in [-0.2, 0) is 5.60 Å². The lowest BCUT2D eigenvalue weighted by atomic mass is 9.80. The summed E-state index contributed by atoms with van der Waals surface area (Å²) in [5, 5.41) is 11.1. The van der Waals surface area contributed by atoms with Gasteiger partial charge >= 0.3 is 0 Å². The van der Waals surface area contributed by atoms with Crippen molar-refractivity contribution in [3.8, 4) is 5.88 Å². The zero-order valence-electron chi connectivity index (χ0n) is 11.9. The largest absolute Gasteiger partial charge is 0.481 e. The van der Waals surface area contributed by atoms with E-state index in [1.165, 1.54) is 12.8 Å². The van der Waals surface area contributed by atoms with E-state index in [0.717, 1.165) is 24.1 Å². The molecule has 2 bridgehead atoms. The summed E-state index contributed by atoms with van der Waals surface area (Å²) in [5.41, 5.74) is 1.13. The fourth-order valence-electron chi connectivity index (χ4n) is 3.81. The van der Waals surface area contributed by atoms with Crippen LogP contribution in [0.15, 0.2) is 12.1 Å². The minimum atomic E-state index is -0.721. The molecule has 0 radical (unpaired) electrons. The SMILES string of the molecule is COc1ccc(C2(O)CC3CCC(C2)N3C)c(C)n1. The van der Waals surface area contributed by atoms with Gasteiger partial charge in [-0.15, -0.1) is 0 Å². The van der Waals surface area contributed by atoms with E-state index in [0.29, 0.717) is 18.0 Å². The Kier molecular flexibility index (Phi) is 3.02. The van der Waals surface area contributed by atoms with Gasteiger partial charge in [-0.25, -0.2) is 4.98 Å². The zero-order valence-corrected chi connectivity index (χ0v) is 11.9. The van der Waals surface area contributed by atoms with Crippen LogP contribution in [0, 0.1) is 6.92 Å². The van der Waals surface area contributed by atoms with Crippen LogP contribution >= 0.6 is 0 Å². The molecule has 1 aromatic heterocycles. The van der Waals surface area contributed by atoms with E-state index in [-0.39, 0.29) is 0 Å². The van der Waals surface area contributed by atoms with E-state index in [2.05, 4.69) is 16.9 Å². The number of ether oxygens (including phenoxy) is 1. The minimum Gasteiger partial charge on any atom is -0.481 e. The second-order valence-electron chi connectivity index (χ2n) is 5.98. The van der Waals surface area contributed by atoms with E-state index in [9.17, 15) is 5.11 Å². The fraction of sp³-hybridized carbons (Fsp3) is 0.667. The molecule has 4 heteroatoms. The molecular weight excluding hydrogens is 240 g/mol. The molecule has 2 aliphatic heterocycles. The average Bonchev–Trinajstić information content (AvgIpc) is 2.62. The second kappa shape index (κ2) is 4.46. The topological polar surface area (TPSA) is 45.6 Å². The minimum absolute atomic E-state index is 0.505. The Morgan fingerprint density at radius 1 is 1.32 bits per heavy atom. The molecule has 4 nitrogen and oxygen atoms in total. The third kappa shape index (κ3) is 2.03. The van der Waals surface area contributed by atoms with Crippen LogP contribution in [0.25, 0.3) is 0 Å². The highest BCUT2D eigenvalue weighted by Crippen LogP contribution is 2.45. The molecule has 0 amide bonds. The van der Waals surface area contributed by atoms with Crippen molar-refractivity contribution in [3.05, 3.63) is 23.4 Å². The summed E-state index contributed by atoms with van der Waals surface area (Å²) < 4.78 is 5.14. The number of aromatic nitrogens is 1. The quantitative estimate of drug-likeness (QED) is 0.883. The molecule has 2 unspecified atom stereocenters. The number of piperidine rings is 1. The summed E-state index contributed by atoms with van der Waals surface area (Å²) in [5.74, 6) is 0.612. The Hall–Kier alpha value is -1.13. The smallest absolute Gasteiger partial charge is 0.213 e. The van der Waals surface area contributed by atoms with Gasteiger partial charge in [0.15, 0.2) is 0 Å². The Bertz CT molecular complexity index is 475. The van der Waals surface area contributed by atoms with Gasteiger partial charge in [-0.2, -0.15) is 0 Å². The standard InChI is InChI=1S/C15H22N2O2/c1-10-13(6-7-14(16-10)19-3)15(18)8-11-4-5-12(9-15)17(11)2/h6-7,11-12,18H,4-5,8-9H2,1-3H3. The number of methoxy groups -OCH3 is 1. The molecule has 2 atom stereocenters. The molecule has 2 fully saturated rings. The lowest BCUT2D eigenvalue weighted by molar-refractivity contribution is -0.0500. The molecule has 2 saturated heterocycles. The molecule has 0 spiro atoms. The summed E-state index contributed by atoms with van der Waals surface area (Å²) in [6.45, 7) is 1.95. The number of pyridine rings is 1. The van der Waals surface area contributed by atoms with Crippen LogP contribution < -0.4 is 4.74 Å². The summed E-state index contributed by atoms with van der Waals surface area (Å²) in [6.07, 6.45) is 4.03. The van der Waals surface area contributed by atoms with Crippen molar-refractivity contribution in [1.82, 2.24) is 9.88 Å². The lowest BCUT2D eigenvalue weighted by Crippen LogP contribution is -2.48. The van der Waals surface area contributed by atoms with Gasteiger partial charge in [0.25, 0.3) is 0 Å². The summed E-state index contributed by atoms with van der Waals surface area (Å²) in [6, 6.07) is 4.84. The van der Waals surface area contributed by atoms with Crippen molar-refractivity contribution in [2.45, 2.75) is 50.3 Å². The van der Waals surface area contributed by atoms with Crippen LogP contribution in [0.2, 0.25) is 0 Å². The third-order valence-electron chi connectivity index (χ3n) is 4.90. The van der Waals surface area contributed by atoms with Gasteiger partial charge in [0, 0.05) is 29.4 Å². The summed E-state index contributed by atoms with van der Waals surface area (Å²) in [4.78, 5) is 6.84. The Labute approximate surface area is 114 Å². The van der Waals surface area contributed by atoms with Crippen LogP contribution in [-0.4, -0.2) is 41.2 Å². The Balaban J connectivity index is 1.93. The molecule has 1 aromatic rings. The second-order valence-corrected chi connectivity index (χ2v) is 5.98. The highest BCUT2D eigenvalue weighted by molar-refractivity contribution is 5.31. The first-order chi connectivity index (χ1) is 9.03. The molecule has 0 saturated carbocycles. The lowest BCUT2D eigenvalue weighted by Gasteiger charge is -2.42. The van der Waals surface area contributed by atoms with Gasteiger partial charge in [0.05, 0.1) is 12.7 Å². The zero-order chi connectivity index (χ0) is 13.6. The molecule has 3 rings (SSSR count). The first-order valence-electron chi connectivity index (χ1n) is 7.00. The van der Waals surface area contributed by atoms with Crippen LogP contribution in [0.1, 0.15) is 36.9 Å². The number of nitrogens with zero attached hydrogens (tertiary/aromatic N) is 2. The van der Waals surface area contributed by atoms with Crippen molar-refractivity contribution in [1.29, 1.82) is 0 Å². The predicted octanol–water partition coefficient (Wildman–Crippen LogP) is 1.84. The van der Waals surface area contributed by atoms with Crippen molar-refractivity contribution in [2.75, 3.05) is 14.2 Å². The first-order valence-corrected chi connectivity index (χ1v) is 7.00. The number of hydrogen-bond donors (Lipinski definition) is 1. The molecule has 1 N–H and O–H groups in total. The number of hydrogen-bond acceptors (Lipinski definition) is 4. The number of aliphatic hydroxyl groups is 1. The van der Waals surface area contributed by atoms with E-state index in [4.69, 9.17) is 4.74 Å². The average molecular weight is 262 g/mol. The molecule has 2 aliphatic rings. The summed E-state index contributed by atoms with van der Waals surface area (Å²) in [7, 11) is 3.80. The molecule has 3 heterocycles. The van der Waals surface area contributed by atoms with E-state index < -0.39 is 5.60 Å². The maximum absolute atomic E-state index is 11.1. The van der Waals surface area contributed by atoms with E-state index >= 15 is 0 Å². The van der Waals surface area contributed by atoms with E-state index in [1.54, 1.807) is 7.11 Å². The summed E-state index contributed by atoms with van der Waals surface area (Å²) >= 11 is 0. The first kappa shape index (κ1) is 12.9. The maximum Gasteiger partial charge on any atom is 0.213 e. The van der Waals surface area contributed by atoms with Crippen LogP contribution in [0.3, 0.4) is 0 Å². The maximum atomic E-state index is 11.1. The van der Waals surface area contributed by atoms with Crippen LogP contribution in [0.4, 0.5) is 0 Å². The van der Waals surface area contributed by atoms with Gasteiger partial charge in [-0.3, -0.25) is 0 Å². The van der Waals surface area contributed by atoms with Crippen molar-refractivity contribution in [2.24, 2.45) is 0 Å². The predicted molar refractivity (Wildman–Crippen MR) is 73.2 cm³/mol. The monoisotopic (exact) mass is 262 g/mol. The molecule has 104 valence electrons. The van der Waals surface area contributed by atoms with Gasteiger partial charge < -0.3 is 14.7 Å². The number of fused-ring (bicyclic) bond motifs is 2. The van der Waals surface area contributed by atoms with Gasteiger partial charge in [-0.1, -0.05) is 0 Å². The number of aryl methyl sites for hydroxylation is 1. The van der Waals surface area contributed by atoms with Gasteiger partial charge in [0.2, 0.25) is 5.88 Å². The molecule has 19 heavy (non-hydrogen) atoms. The molecule has 0 aromatic carbocycles.